The normalized spacial score (nSPS) is 10.9. The highest BCUT2D eigenvalue weighted by molar-refractivity contribution is 9.10. The van der Waals surface area contributed by atoms with Crippen molar-refractivity contribution in [3.63, 3.8) is 0 Å². The molecule has 21 heavy (non-hydrogen) atoms. The minimum Gasteiger partial charge on any atom is -0.489 e. The molecule has 0 heterocycles. The second-order valence-electron chi connectivity index (χ2n) is 5.56. The fourth-order valence-electron chi connectivity index (χ4n) is 2.04. The first-order valence-electron chi connectivity index (χ1n) is 7.25. The molecule has 2 nitrogen and oxygen atoms in total. The standard InChI is InChI=1S/C18H22BrNO/c1-13(2)20-11-16-10-14(3)4-9-18(16)21-12-15-5-7-17(19)8-6-15/h4-10,13,20H,11-12H2,1-3H3. The van der Waals surface area contributed by atoms with Gasteiger partial charge in [0.15, 0.2) is 0 Å². The molecule has 0 aliphatic carbocycles. The molecular weight excluding hydrogens is 326 g/mol. The van der Waals surface area contributed by atoms with Crippen molar-refractivity contribution in [1.82, 2.24) is 5.32 Å². The van der Waals surface area contributed by atoms with Crippen molar-refractivity contribution in [2.75, 3.05) is 0 Å². The van der Waals surface area contributed by atoms with E-state index in [0.717, 1.165) is 16.8 Å². The lowest BCUT2D eigenvalue weighted by Gasteiger charge is -2.14. The molecule has 0 unspecified atom stereocenters. The van der Waals surface area contributed by atoms with Gasteiger partial charge in [0.25, 0.3) is 0 Å². The summed E-state index contributed by atoms with van der Waals surface area (Å²) in [5, 5.41) is 3.45. The molecule has 2 aromatic carbocycles. The Kier molecular flexibility index (Phi) is 5.83. The van der Waals surface area contributed by atoms with Crippen LogP contribution in [0.4, 0.5) is 0 Å². The molecule has 0 amide bonds. The largest absolute Gasteiger partial charge is 0.489 e. The van der Waals surface area contributed by atoms with E-state index in [2.05, 4.69) is 72.3 Å². The predicted octanol–water partition coefficient (Wildman–Crippen LogP) is 4.83. The summed E-state index contributed by atoms with van der Waals surface area (Å²) in [4.78, 5) is 0. The van der Waals surface area contributed by atoms with Crippen molar-refractivity contribution in [3.8, 4) is 5.75 Å². The minimum atomic E-state index is 0.463. The van der Waals surface area contributed by atoms with E-state index >= 15 is 0 Å². The van der Waals surface area contributed by atoms with Crippen molar-refractivity contribution < 1.29 is 4.74 Å². The summed E-state index contributed by atoms with van der Waals surface area (Å²) < 4.78 is 7.08. The molecule has 0 bridgehead atoms. The third kappa shape index (κ3) is 5.18. The molecule has 0 atom stereocenters. The monoisotopic (exact) mass is 347 g/mol. The summed E-state index contributed by atoms with van der Waals surface area (Å²) in [5.74, 6) is 0.955. The molecule has 2 rings (SSSR count). The lowest BCUT2D eigenvalue weighted by atomic mass is 10.1. The summed E-state index contributed by atoms with van der Waals surface area (Å²) >= 11 is 3.45. The van der Waals surface area contributed by atoms with Gasteiger partial charge < -0.3 is 10.1 Å². The topological polar surface area (TPSA) is 21.3 Å². The van der Waals surface area contributed by atoms with Crippen molar-refractivity contribution in [3.05, 3.63) is 63.6 Å². The number of nitrogens with one attached hydrogen (secondary N) is 1. The molecule has 0 aliphatic rings. The number of halogens is 1. The first-order chi connectivity index (χ1) is 10.0. The van der Waals surface area contributed by atoms with Gasteiger partial charge in [0.05, 0.1) is 0 Å². The van der Waals surface area contributed by atoms with Gasteiger partial charge in [-0.2, -0.15) is 0 Å². The van der Waals surface area contributed by atoms with Crippen LogP contribution in [-0.2, 0) is 13.2 Å². The van der Waals surface area contributed by atoms with Gasteiger partial charge >= 0.3 is 0 Å². The Labute approximate surface area is 135 Å². The first kappa shape index (κ1) is 16.1. The summed E-state index contributed by atoms with van der Waals surface area (Å²) in [7, 11) is 0. The maximum Gasteiger partial charge on any atom is 0.124 e. The van der Waals surface area contributed by atoms with Crippen LogP contribution in [0.2, 0.25) is 0 Å². The molecule has 0 aromatic heterocycles. The van der Waals surface area contributed by atoms with Crippen LogP contribution < -0.4 is 10.1 Å². The highest BCUT2D eigenvalue weighted by Gasteiger charge is 2.05. The van der Waals surface area contributed by atoms with Crippen molar-refractivity contribution >= 4 is 15.9 Å². The van der Waals surface area contributed by atoms with Crippen molar-refractivity contribution in [2.45, 2.75) is 40.0 Å². The quantitative estimate of drug-likeness (QED) is 0.807. The summed E-state index contributed by atoms with van der Waals surface area (Å²) in [6.45, 7) is 7.83. The predicted molar refractivity (Wildman–Crippen MR) is 91.6 cm³/mol. The zero-order valence-corrected chi connectivity index (χ0v) is 14.4. The third-order valence-electron chi connectivity index (χ3n) is 3.22. The maximum atomic E-state index is 6.00. The van der Waals surface area contributed by atoms with E-state index in [0.29, 0.717) is 12.6 Å². The SMILES string of the molecule is Cc1ccc(OCc2ccc(Br)cc2)c(CNC(C)C)c1. The average molecular weight is 348 g/mol. The zero-order valence-electron chi connectivity index (χ0n) is 12.8. The van der Waals surface area contributed by atoms with E-state index in [1.54, 1.807) is 0 Å². The Morgan fingerprint density at radius 1 is 1.10 bits per heavy atom. The summed E-state index contributed by atoms with van der Waals surface area (Å²) in [6.07, 6.45) is 0. The molecule has 0 spiro atoms. The fourth-order valence-corrected chi connectivity index (χ4v) is 2.31. The van der Waals surface area contributed by atoms with Gasteiger partial charge in [-0.3, -0.25) is 0 Å². The Morgan fingerprint density at radius 2 is 1.81 bits per heavy atom. The van der Waals surface area contributed by atoms with Crippen LogP contribution in [0.25, 0.3) is 0 Å². The Hall–Kier alpha value is -1.32. The van der Waals surface area contributed by atoms with Crippen LogP contribution in [0.15, 0.2) is 46.9 Å². The molecule has 3 heteroatoms. The first-order valence-corrected chi connectivity index (χ1v) is 8.04. The average Bonchev–Trinajstić information content (AvgIpc) is 2.45. The second-order valence-corrected chi connectivity index (χ2v) is 6.48. The highest BCUT2D eigenvalue weighted by atomic mass is 79.9. The van der Waals surface area contributed by atoms with Gasteiger partial charge in [0.2, 0.25) is 0 Å². The highest BCUT2D eigenvalue weighted by Crippen LogP contribution is 2.22. The molecule has 112 valence electrons. The lowest BCUT2D eigenvalue weighted by molar-refractivity contribution is 0.301. The van der Waals surface area contributed by atoms with Crippen LogP contribution >= 0.6 is 15.9 Å². The van der Waals surface area contributed by atoms with Gasteiger partial charge in [-0.05, 0) is 30.7 Å². The van der Waals surface area contributed by atoms with E-state index in [1.807, 2.05) is 12.1 Å². The number of hydrogen-bond acceptors (Lipinski definition) is 2. The van der Waals surface area contributed by atoms with Gasteiger partial charge in [0, 0.05) is 22.6 Å². The fraction of sp³-hybridized carbons (Fsp3) is 0.333. The van der Waals surface area contributed by atoms with Crippen LogP contribution in [0.3, 0.4) is 0 Å². The van der Waals surface area contributed by atoms with Crippen LogP contribution in [0.1, 0.15) is 30.5 Å². The Bertz CT molecular complexity index is 578. The zero-order chi connectivity index (χ0) is 15.2. The van der Waals surface area contributed by atoms with Crippen molar-refractivity contribution in [1.29, 1.82) is 0 Å². The van der Waals surface area contributed by atoms with E-state index in [-0.39, 0.29) is 0 Å². The summed E-state index contributed by atoms with van der Waals surface area (Å²) in [6, 6.07) is 15.0. The lowest BCUT2D eigenvalue weighted by Crippen LogP contribution is -2.22. The molecule has 0 saturated heterocycles. The van der Waals surface area contributed by atoms with Gasteiger partial charge in [-0.25, -0.2) is 0 Å². The molecule has 1 N–H and O–H groups in total. The molecule has 0 fully saturated rings. The molecule has 0 radical (unpaired) electrons. The van der Waals surface area contributed by atoms with Gasteiger partial charge in [0.1, 0.15) is 12.4 Å². The summed E-state index contributed by atoms with van der Waals surface area (Å²) in [5.41, 5.74) is 3.63. The number of rotatable bonds is 6. The number of aryl methyl sites for hydroxylation is 1. The molecule has 2 aromatic rings. The second kappa shape index (κ2) is 7.62. The van der Waals surface area contributed by atoms with Gasteiger partial charge in [-0.15, -0.1) is 0 Å². The Morgan fingerprint density at radius 3 is 2.48 bits per heavy atom. The third-order valence-corrected chi connectivity index (χ3v) is 3.75. The molecule has 0 saturated carbocycles. The van der Waals surface area contributed by atoms with Crippen molar-refractivity contribution in [2.24, 2.45) is 0 Å². The van der Waals surface area contributed by atoms with E-state index in [4.69, 9.17) is 4.74 Å². The molecule has 0 aliphatic heterocycles. The Balaban J connectivity index is 2.06. The van der Waals surface area contributed by atoms with Gasteiger partial charge in [-0.1, -0.05) is 59.6 Å². The van der Waals surface area contributed by atoms with Crippen LogP contribution in [-0.4, -0.2) is 6.04 Å². The van der Waals surface area contributed by atoms with Crippen LogP contribution in [0.5, 0.6) is 5.75 Å². The smallest absolute Gasteiger partial charge is 0.124 e. The number of ether oxygens (including phenoxy) is 1. The van der Waals surface area contributed by atoms with E-state index in [9.17, 15) is 0 Å². The van der Waals surface area contributed by atoms with E-state index in [1.165, 1.54) is 16.7 Å². The van der Waals surface area contributed by atoms with Crippen LogP contribution in [0, 0.1) is 6.92 Å². The molecular formula is C18H22BrNO. The minimum absolute atomic E-state index is 0.463. The van der Waals surface area contributed by atoms with E-state index < -0.39 is 0 Å². The maximum absolute atomic E-state index is 6.00. The number of hydrogen-bond donors (Lipinski definition) is 1. The number of benzene rings is 2.